The zero-order valence-corrected chi connectivity index (χ0v) is 13.0. The molecule has 0 aliphatic heterocycles. The van der Waals surface area contributed by atoms with Crippen molar-refractivity contribution in [1.29, 1.82) is 0 Å². The summed E-state index contributed by atoms with van der Waals surface area (Å²) >= 11 is 6.00. The molecule has 2 aromatic carbocycles. The maximum absolute atomic E-state index is 13.2. The van der Waals surface area contributed by atoms with Crippen LogP contribution in [0, 0.1) is 5.82 Å². The van der Waals surface area contributed by atoms with Crippen molar-refractivity contribution in [1.82, 2.24) is 14.6 Å². The molecule has 0 radical (unpaired) electrons. The van der Waals surface area contributed by atoms with Crippen molar-refractivity contribution in [3.05, 3.63) is 75.5 Å². The van der Waals surface area contributed by atoms with Crippen LogP contribution in [-0.4, -0.2) is 20.9 Å². The highest BCUT2D eigenvalue weighted by molar-refractivity contribution is 6.31. The lowest BCUT2D eigenvalue weighted by Crippen LogP contribution is -2.17. The Labute approximate surface area is 140 Å². The average molecular weight is 341 g/mol. The predicted octanol–water partition coefficient (Wildman–Crippen LogP) is 3.55. The Balaban J connectivity index is 1.84. The number of benzene rings is 2. The number of hydrogen-bond donors (Lipinski definition) is 1. The van der Waals surface area contributed by atoms with E-state index < -0.39 is 0 Å². The summed E-state index contributed by atoms with van der Waals surface area (Å²) in [6, 6.07) is 11.2. The summed E-state index contributed by atoms with van der Waals surface area (Å²) in [6.45, 7) is 0. The maximum atomic E-state index is 13.2. The van der Waals surface area contributed by atoms with Gasteiger partial charge < -0.3 is 4.98 Å². The Morgan fingerprint density at radius 1 is 1.25 bits per heavy atom. The van der Waals surface area contributed by atoms with E-state index in [1.54, 1.807) is 30.3 Å². The second-order valence-electron chi connectivity index (χ2n) is 5.23. The molecule has 0 fully saturated rings. The van der Waals surface area contributed by atoms with Crippen molar-refractivity contribution in [3.63, 3.8) is 0 Å². The van der Waals surface area contributed by atoms with Gasteiger partial charge in [-0.1, -0.05) is 23.7 Å². The molecule has 0 saturated carbocycles. The molecule has 0 atom stereocenters. The van der Waals surface area contributed by atoms with E-state index in [1.807, 2.05) is 0 Å². The molecule has 4 rings (SSSR count). The number of aromatic amines is 1. The smallest absolute Gasteiger partial charge is 0.298 e. The van der Waals surface area contributed by atoms with Crippen molar-refractivity contribution < 1.29 is 4.39 Å². The van der Waals surface area contributed by atoms with Gasteiger partial charge in [0.25, 0.3) is 5.56 Å². The second-order valence-corrected chi connectivity index (χ2v) is 5.67. The van der Waals surface area contributed by atoms with Crippen molar-refractivity contribution in [2.45, 2.75) is 0 Å². The molecule has 0 aliphatic rings. The summed E-state index contributed by atoms with van der Waals surface area (Å²) < 4.78 is 14.3. The Hall–Kier alpha value is -2.99. The summed E-state index contributed by atoms with van der Waals surface area (Å²) in [7, 11) is 0. The van der Waals surface area contributed by atoms with Crippen LogP contribution < -0.4 is 5.56 Å². The van der Waals surface area contributed by atoms with Crippen molar-refractivity contribution >= 4 is 39.8 Å². The third-order valence-electron chi connectivity index (χ3n) is 3.63. The Bertz CT molecular complexity index is 1160. The van der Waals surface area contributed by atoms with Gasteiger partial charge in [0.15, 0.2) is 0 Å². The SMILES string of the molecule is O=c1c2[nH]c3ccc(Cl)cc3c2ncn1/N=C/c1cccc(F)c1. The van der Waals surface area contributed by atoms with E-state index in [1.165, 1.54) is 24.7 Å². The van der Waals surface area contributed by atoms with E-state index >= 15 is 0 Å². The van der Waals surface area contributed by atoms with Crippen LogP contribution >= 0.6 is 11.6 Å². The van der Waals surface area contributed by atoms with Gasteiger partial charge in [0.05, 0.1) is 6.21 Å². The normalized spacial score (nSPS) is 11.8. The third-order valence-corrected chi connectivity index (χ3v) is 3.87. The number of H-pyrrole nitrogens is 1. The van der Waals surface area contributed by atoms with Gasteiger partial charge >= 0.3 is 0 Å². The molecule has 4 aromatic rings. The molecule has 1 N–H and O–H groups in total. The van der Waals surface area contributed by atoms with Gasteiger partial charge in [0.1, 0.15) is 23.2 Å². The van der Waals surface area contributed by atoms with E-state index in [0.29, 0.717) is 21.6 Å². The molecule has 0 saturated heterocycles. The largest absolute Gasteiger partial charge is 0.349 e. The fraction of sp³-hybridized carbons (Fsp3) is 0. The minimum atomic E-state index is -0.368. The fourth-order valence-electron chi connectivity index (χ4n) is 2.52. The molecule has 0 amide bonds. The molecule has 0 unspecified atom stereocenters. The van der Waals surface area contributed by atoms with E-state index in [9.17, 15) is 9.18 Å². The first-order valence-electron chi connectivity index (χ1n) is 7.10. The first-order chi connectivity index (χ1) is 11.6. The standard InChI is InChI=1S/C17H10ClFN4O/c18-11-4-5-14-13(7-11)15-16(22-14)17(24)23(9-20-15)21-8-10-2-1-3-12(19)6-10/h1-9,22H/b21-8+. The highest BCUT2D eigenvalue weighted by atomic mass is 35.5. The Kier molecular flexibility index (Phi) is 3.39. The van der Waals surface area contributed by atoms with Crippen LogP contribution in [0.4, 0.5) is 4.39 Å². The van der Waals surface area contributed by atoms with Crippen molar-refractivity contribution in [2.75, 3.05) is 0 Å². The van der Waals surface area contributed by atoms with Crippen molar-refractivity contribution in [2.24, 2.45) is 5.10 Å². The van der Waals surface area contributed by atoms with Gasteiger partial charge in [0.2, 0.25) is 0 Å². The number of fused-ring (bicyclic) bond motifs is 3. The lowest BCUT2D eigenvalue weighted by molar-refractivity contribution is 0.627. The molecule has 0 bridgehead atoms. The number of nitrogens with one attached hydrogen (secondary N) is 1. The Morgan fingerprint density at radius 3 is 2.96 bits per heavy atom. The molecular weight excluding hydrogens is 331 g/mol. The highest BCUT2D eigenvalue weighted by Gasteiger charge is 2.10. The van der Waals surface area contributed by atoms with Crippen molar-refractivity contribution in [3.8, 4) is 0 Å². The fourth-order valence-corrected chi connectivity index (χ4v) is 2.69. The van der Waals surface area contributed by atoms with Gasteiger partial charge in [-0.05, 0) is 35.9 Å². The number of hydrogen-bond acceptors (Lipinski definition) is 3. The van der Waals surface area contributed by atoms with Gasteiger partial charge in [-0.15, -0.1) is 0 Å². The third kappa shape index (κ3) is 2.47. The van der Waals surface area contributed by atoms with Gasteiger partial charge in [-0.3, -0.25) is 4.79 Å². The second kappa shape index (κ2) is 5.58. The maximum Gasteiger partial charge on any atom is 0.298 e. The van der Waals surface area contributed by atoms with E-state index in [4.69, 9.17) is 11.6 Å². The molecule has 24 heavy (non-hydrogen) atoms. The molecule has 2 heterocycles. The topological polar surface area (TPSA) is 63.0 Å². The number of aromatic nitrogens is 3. The number of nitrogens with zero attached hydrogens (tertiary/aromatic N) is 3. The summed E-state index contributed by atoms with van der Waals surface area (Å²) in [4.78, 5) is 19.9. The van der Waals surface area contributed by atoms with Crippen LogP contribution in [-0.2, 0) is 0 Å². The van der Waals surface area contributed by atoms with Crippen LogP contribution in [0.15, 0.2) is 58.7 Å². The minimum Gasteiger partial charge on any atom is -0.349 e. The van der Waals surface area contributed by atoms with Crippen LogP contribution in [0.25, 0.3) is 21.9 Å². The van der Waals surface area contributed by atoms with Gasteiger partial charge in [-0.25, -0.2) is 9.37 Å². The predicted molar refractivity (Wildman–Crippen MR) is 92.3 cm³/mol. The van der Waals surface area contributed by atoms with E-state index in [2.05, 4.69) is 15.1 Å². The molecular formula is C17H10ClFN4O. The molecule has 2 aromatic heterocycles. The Morgan fingerprint density at radius 2 is 2.12 bits per heavy atom. The van der Waals surface area contributed by atoms with Crippen LogP contribution in [0.1, 0.15) is 5.56 Å². The molecule has 7 heteroatoms. The molecule has 0 spiro atoms. The minimum absolute atomic E-state index is 0.339. The summed E-state index contributed by atoms with van der Waals surface area (Å²) in [6.07, 6.45) is 2.73. The molecule has 0 aliphatic carbocycles. The first kappa shape index (κ1) is 14.6. The van der Waals surface area contributed by atoms with Crippen LogP contribution in [0.5, 0.6) is 0 Å². The zero-order valence-electron chi connectivity index (χ0n) is 12.2. The first-order valence-corrected chi connectivity index (χ1v) is 7.48. The molecule has 118 valence electrons. The van der Waals surface area contributed by atoms with Gasteiger partial charge in [0, 0.05) is 15.9 Å². The summed E-state index contributed by atoms with van der Waals surface area (Å²) in [5.41, 5.74) is 1.84. The average Bonchev–Trinajstić information content (AvgIpc) is 2.93. The lowest BCUT2D eigenvalue weighted by atomic mass is 10.2. The summed E-state index contributed by atoms with van der Waals surface area (Å²) in [5, 5.41) is 5.40. The zero-order chi connectivity index (χ0) is 16.7. The quantitative estimate of drug-likeness (QED) is 0.567. The van der Waals surface area contributed by atoms with E-state index in [-0.39, 0.29) is 11.4 Å². The van der Waals surface area contributed by atoms with E-state index in [0.717, 1.165) is 15.6 Å². The number of rotatable bonds is 2. The van der Waals surface area contributed by atoms with Crippen LogP contribution in [0.3, 0.4) is 0 Å². The monoisotopic (exact) mass is 340 g/mol. The lowest BCUT2D eigenvalue weighted by Gasteiger charge is -1.98. The van der Waals surface area contributed by atoms with Gasteiger partial charge in [-0.2, -0.15) is 9.78 Å². The molecule has 5 nitrogen and oxygen atoms in total. The number of halogens is 2. The van der Waals surface area contributed by atoms with Crippen LogP contribution in [0.2, 0.25) is 5.02 Å². The summed E-state index contributed by atoms with van der Waals surface area (Å²) in [5.74, 6) is -0.368. The highest BCUT2D eigenvalue weighted by Crippen LogP contribution is 2.24.